The van der Waals surface area contributed by atoms with Crippen LogP contribution in [-0.4, -0.2) is 10.2 Å². The molecule has 2 aromatic rings. The van der Waals surface area contributed by atoms with Gasteiger partial charge in [-0.25, -0.2) is 5.10 Å². The number of aromatic nitrogens is 2. The first-order chi connectivity index (χ1) is 9.32. The van der Waals surface area contributed by atoms with Crippen molar-refractivity contribution in [1.29, 1.82) is 5.26 Å². The normalized spacial score (nSPS) is 11.2. The van der Waals surface area contributed by atoms with Gasteiger partial charge in [0.25, 0.3) is 5.56 Å². The molecule has 0 unspecified atom stereocenters. The van der Waals surface area contributed by atoms with E-state index in [2.05, 4.69) is 37.0 Å². The molecule has 1 aromatic heterocycles. The van der Waals surface area contributed by atoms with Gasteiger partial charge in [-0.2, -0.15) is 10.4 Å². The standard InChI is InChI=1S/C16H17N3O/c1-10-5-6-12(16(2,3)4)8-13(10)15-11(9-17)7-14(20)18-19-15/h5-8H,1-4H3,(H,18,20). The molecule has 0 bridgehead atoms. The highest BCUT2D eigenvalue weighted by Crippen LogP contribution is 2.30. The third-order valence-corrected chi connectivity index (χ3v) is 3.29. The van der Waals surface area contributed by atoms with Crippen LogP contribution in [0.5, 0.6) is 0 Å². The first-order valence-corrected chi connectivity index (χ1v) is 6.44. The van der Waals surface area contributed by atoms with Crippen LogP contribution in [0.1, 0.15) is 37.5 Å². The lowest BCUT2D eigenvalue weighted by molar-refractivity contribution is 0.590. The molecule has 1 heterocycles. The van der Waals surface area contributed by atoms with Gasteiger partial charge in [-0.15, -0.1) is 0 Å². The maximum atomic E-state index is 11.3. The number of benzene rings is 1. The van der Waals surface area contributed by atoms with E-state index in [4.69, 9.17) is 0 Å². The van der Waals surface area contributed by atoms with Gasteiger partial charge in [0.15, 0.2) is 0 Å². The summed E-state index contributed by atoms with van der Waals surface area (Å²) >= 11 is 0. The van der Waals surface area contributed by atoms with Gasteiger partial charge in [0, 0.05) is 11.6 Å². The summed E-state index contributed by atoms with van der Waals surface area (Å²) in [7, 11) is 0. The molecule has 0 aliphatic heterocycles. The van der Waals surface area contributed by atoms with Gasteiger partial charge in [-0.1, -0.05) is 32.9 Å². The summed E-state index contributed by atoms with van der Waals surface area (Å²) in [5.41, 5.74) is 3.53. The average molecular weight is 267 g/mol. The van der Waals surface area contributed by atoms with Crippen molar-refractivity contribution in [3.63, 3.8) is 0 Å². The van der Waals surface area contributed by atoms with Gasteiger partial charge in [0.05, 0.1) is 5.56 Å². The van der Waals surface area contributed by atoms with E-state index < -0.39 is 0 Å². The SMILES string of the molecule is Cc1ccc(C(C)(C)C)cc1-c1n[nH]c(=O)cc1C#N. The summed E-state index contributed by atoms with van der Waals surface area (Å²) in [6.45, 7) is 8.36. The quantitative estimate of drug-likeness (QED) is 0.863. The maximum absolute atomic E-state index is 11.3. The molecule has 0 amide bonds. The predicted molar refractivity (Wildman–Crippen MR) is 78.4 cm³/mol. The van der Waals surface area contributed by atoms with Gasteiger partial charge < -0.3 is 0 Å². The molecule has 0 fully saturated rings. The number of hydrogen-bond acceptors (Lipinski definition) is 3. The largest absolute Gasteiger partial charge is 0.268 e. The van der Waals surface area contributed by atoms with Crippen molar-refractivity contribution in [1.82, 2.24) is 10.2 Å². The van der Waals surface area contributed by atoms with Crippen LogP contribution in [0.25, 0.3) is 11.3 Å². The summed E-state index contributed by atoms with van der Waals surface area (Å²) in [6.07, 6.45) is 0. The second-order valence-electron chi connectivity index (χ2n) is 5.89. The fourth-order valence-corrected chi connectivity index (χ4v) is 2.04. The Morgan fingerprint density at radius 3 is 2.55 bits per heavy atom. The van der Waals surface area contributed by atoms with E-state index in [0.29, 0.717) is 11.3 Å². The van der Waals surface area contributed by atoms with E-state index in [9.17, 15) is 10.1 Å². The number of hydrogen-bond donors (Lipinski definition) is 1. The minimum atomic E-state index is -0.366. The Morgan fingerprint density at radius 2 is 1.95 bits per heavy atom. The van der Waals surface area contributed by atoms with E-state index in [0.717, 1.165) is 16.7 Å². The van der Waals surface area contributed by atoms with Crippen LogP contribution in [-0.2, 0) is 5.41 Å². The summed E-state index contributed by atoms with van der Waals surface area (Å²) in [4.78, 5) is 11.3. The lowest BCUT2D eigenvalue weighted by atomic mass is 9.84. The Balaban J connectivity index is 2.70. The summed E-state index contributed by atoms with van der Waals surface area (Å²) in [5, 5.41) is 15.6. The Bertz CT molecular complexity index is 746. The maximum Gasteiger partial charge on any atom is 0.265 e. The molecule has 0 saturated carbocycles. The van der Waals surface area contributed by atoms with E-state index in [1.165, 1.54) is 6.07 Å². The summed E-state index contributed by atoms with van der Waals surface area (Å²) < 4.78 is 0. The van der Waals surface area contributed by atoms with Crippen molar-refractivity contribution >= 4 is 0 Å². The van der Waals surface area contributed by atoms with E-state index in [1.807, 2.05) is 25.1 Å². The Morgan fingerprint density at radius 1 is 1.25 bits per heavy atom. The van der Waals surface area contributed by atoms with Crippen LogP contribution < -0.4 is 5.56 Å². The van der Waals surface area contributed by atoms with Crippen LogP contribution >= 0.6 is 0 Å². The number of rotatable bonds is 1. The molecule has 0 saturated heterocycles. The molecule has 4 nitrogen and oxygen atoms in total. The molecule has 0 radical (unpaired) electrons. The third kappa shape index (κ3) is 2.62. The van der Waals surface area contributed by atoms with Crippen LogP contribution in [0.15, 0.2) is 29.1 Å². The average Bonchev–Trinajstić information content (AvgIpc) is 2.38. The van der Waals surface area contributed by atoms with Crippen molar-refractivity contribution < 1.29 is 0 Å². The molecular formula is C16H17N3O. The monoisotopic (exact) mass is 267 g/mol. The first-order valence-electron chi connectivity index (χ1n) is 6.44. The van der Waals surface area contributed by atoms with Crippen molar-refractivity contribution in [3.8, 4) is 17.3 Å². The highest BCUT2D eigenvalue weighted by Gasteiger charge is 2.17. The molecule has 20 heavy (non-hydrogen) atoms. The van der Waals surface area contributed by atoms with Gasteiger partial charge in [0.2, 0.25) is 0 Å². The lowest BCUT2D eigenvalue weighted by Gasteiger charge is -2.20. The van der Waals surface area contributed by atoms with Crippen molar-refractivity contribution in [3.05, 3.63) is 51.3 Å². The number of nitriles is 1. The molecule has 4 heteroatoms. The number of H-pyrrole nitrogens is 1. The van der Waals surface area contributed by atoms with Gasteiger partial charge in [-0.05, 0) is 29.5 Å². The highest BCUT2D eigenvalue weighted by molar-refractivity contribution is 5.69. The van der Waals surface area contributed by atoms with E-state index in [1.54, 1.807) is 0 Å². The zero-order valence-electron chi connectivity index (χ0n) is 12.1. The van der Waals surface area contributed by atoms with Gasteiger partial charge in [-0.3, -0.25) is 4.79 Å². The number of aromatic amines is 1. The smallest absolute Gasteiger partial charge is 0.265 e. The van der Waals surface area contributed by atoms with E-state index in [-0.39, 0.29) is 11.0 Å². The molecule has 0 atom stereocenters. The minimum absolute atomic E-state index is 0.0114. The fraction of sp³-hybridized carbons (Fsp3) is 0.312. The number of aryl methyl sites for hydroxylation is 1. The number of nitrogens with zero attached hydrogens (tertiary/aromatic N) is 2. The first kappa shape index (κ1) is 14.0. The second kappa shape index (κ2) is 4.93. The number of nitrogens with one attached hydrogen (secondary N) is 1. The van der Waals surface area contributed by atoms with Crippen LogP contribution in [0.3, 0.4) is 0 Å². The highest BCUT2D eigenvalue weighted by atomic mass is 16.1. The molecule has 0 spiro atoms. The molecule has 1 aromatic carbocycles. The topological polar surface area (TPSA) is 69.5 Å². The predicted octanol–water partition coefficient (Wildman–Crippen LogP) is 2.91. The third-order valence-electron chi connectivity index (χ3n) is 3.29. The Kier molecular flexibility index (Phi) is 3.46. The molecule has 0 aliphatic rings. The van der Waals surface area contributed by atoms with Crippen LogP contribution in [0, 0.1) is 18.3 Å². The molecular weight excluding hydrogens is 250 g/mol. The molecule has 1 N–H and O–H groups in total. The van der Waals surface area contributed by atoms with Crippen LogP contribution in [0.4, 0.5) is 0 Å². The summed E-state index contributed by atoms with van der Waals surface area (Å²) in [5.74, 6) is 0. The van der Waals surface area contributed by atoms with Crippen molar-refractivity contribution in [2.24, 2.45) is 0 Å². The molecule has 0 aliphatic carbocycles. The summed E-state index contributed by atoms with van der Waals surface area (Å²) in [6, 6.07) is 9.46. The Labute approximate surface area is 118 Å². The minimum Gasteiger partial charge on any atom is -0.268 e. The van der Waals surface area contributed by atoms with Crippen LogP contribution in [0.2, 0.25) is 0 Å². The Hall–Kier alpha value is -2.41. The van der Waals surface area contributed by atoms with Gasteiger partial charge >= 0.3 is 0 Å². The zero-order chi connectivity index (χ0) is 14.9. The lowest BCUT2D eigenvalue weighted by Crippen LogP contribution is -2.12. The molecule has 102 valence electrons. The van der Waals surface area contributed by atoms with Gasteiger partial charge in [0.1, 0.15) is 11.8 Å². The fourth-order valence-electron chi connectivity index (χ4n) is 2.04. The van der Waals surface area contributed by atoms with Crippen molar-refractivity contribution in [2.45, 2.75) is 33.1 Å². The van der Waals surface area contributed by atoms with Crippen molar-refractivity contribution in [2.75, 3.05) is 0 Å². The zero-order valence-corrected chi connectivity index (χ0v) is 12.1. The molecule has 2 rings (SSSR count). The second-order valence-corrected chi connectivity index (χ2v) is 5.89. The van der Waals surface area contributed by atoms with E-state index >= 15 is 0 Å².